The number of hydrogen-bond donors (Lipinski definition) is 0. The molecule has 1 aromatic carbocycles. The maximum absolute atomic E-state index is 11.9. The monoisotopic (exact) mass is 322 g/mol. The largest absolute Gasteiger partial charge is 0.459 e. The van der Waals surface area contributed by atoms with Crippen molar-refractivity contribution in [1.29, 1.82) is 0 Å². The smallest absolute Gasteiger partial charge is 0.342 e. The van der Waals surface area contributed by atoms with E-state index in [0.717, 1.165) is 0 Å². The quantitative estimate of drug-likeness (QED) is 0.582. The average Bonchev–Trinajstić information content (AvgIpc) is 2.27. The lowest BCUT2D eigenvalue weighted by Crippen LogP contribution is -2.12. The van der Waals surface area contributed by atoms with Crippen LogP contribution < -0.4 is 4.52 Å². The van der Waals surface area contributed by atoms with Gasteiger partial charge in [-0.2, -0.15) is 0 Å². The molecule has 7 heteroatoms. The number of rotatable bonds is 6. The summed E-state index contributed by atoms with van der Waals surface area (Å²) in [5.74, 6) is -3.12. The Kier molecular flexibility index (Phi) is 6.27. The number of benzene rings is 1. The molecule has 0 saturated carbocycles. The van der Waals surface area contributed by atoms with Gasteiger partial charge in [0.2, 0.25) is 0 Å². The van der Waals surface area contributed by atoms with Crippen LogP contribution in [0.2, 0.25) is 0 Å². The lowest BCUT2D eigenvalue weighted by atomic mass is 10.2. The van der Waals surface area contributed by atoms with Crippen molar-refractivity contribution in [2.75, 3.05) is 6.61 Å². The van der Waals surface area contributed by atoms with Crippen LogP contribution in [0.3, 0.4) is 0 Å². The zero-order chi connectivity index (χ0) is 14.5. The Balaban J connectivity index is 2.96. The molecular formula is C12H16ClO4PS. The lowest BCUT2D eigenvalue weighted by Gasteiger charge is -2.17. The minimum Gasteiger partial charge on any atom is -0.459 e. The van der Waals surface area contributed by atoms with Gasteiger partial charge in [-0.15, -0.1) is 0 Å². The van der Waals surface area contributed by atoms with Gasteiger partial charge in [0.15, 0.2) is 0 Å². The van der Waals surface area contributed by atoms with Crippen LogP contribution in [0.5, 0.6) is 5.75 Å². The van der Waals surface area contributed by atoms with E-state index >= 15 is 0 Å². The van der Waals surface area contributed by atoms with Gasteiger partial charge in [0.1, 0.15) is 11.3 Å². The van der Waals surface area contributed by atoms with Crippen LogP contribution in [0.15, 0.2) is 24.3 Å². The number of carbonyl (C=O) groups is 1. The summed E-state index contributed by atoms with van der Waals surface area (Å²) in [5.41, 5.74) is 0.283. The van der Waals surface area contributed by atoms with Gasteiger partial charge in [0, 0.05) is 0 Å². The Hall–Kier alpha value is -0.610. The second-order valence-corrected chi connectivity index (χ2v) is 8.57. The molecule has 1 atom stereocenters. The molecule has 0 amide bonds. The molecule has 19 heavy (non-hydrogen) atoms. The van der Waals surface area contributed by atoms with Crippen LogP contribution in [0.1, 0.15) is 31.1 Å². The molecule has 0 bridgehead atoms. The number of carbonyl (C=O) groups excluding carboxylic acids is 1. The predicted octanol–water partition coefficient (Wildman–Crippen LogP) is 4.13. The molecule has 0 aliphatic heterocycles. The van der Waals surface area contributed by atoms with Crippen molar-refractivity contribution in [2.45, 2.75) is 26.9 Å². The van der Waals surface area contributed by atoms with Crippen LogP contribution in [0.25, 0.3) is 0 Å². The fourth-order valence-corrected chi connectivity index (χ4v) is 3.12. The highest BCUT2D eigenvalue weighted by Gasteiger charge is 2.21. The molecule has 0 fully saturated rings. The first-order chi connectivity index (χ1) is 8.85. The molecule has 106 valence electrons. The van der Waals surface area contributed by atoms with Crippen LogP contribution in [-0.4, -0.2) is 18.7 Å². The summed E-state index contributed by atoms with van der Waals surface area (Å²) in [6, 6.07) is 6.64. The van der Waals surface area contributed by atoms with Crippen molar-refractivity contribution in [3.05, 3.63) is 29.8 Å². The van der Waals surface area contributed by atoms with Crippen LogP contribution >= 0.6 is 17.1 Å². The second-order valence-electron chi connectivity index (χ2n) is 3.89. The van der Waals surface area contributed by atoms with Crippen molar-refractivity contribution >= 4 is 34.9 Å². The predicted molar refractivity (Wildman–Crippen MR) is 79.4 cm³/mol. The van der Waals surface area contributed by atoms with Crippen LogP contribution in [0, 0.1) is 0 Å². The van der Waals surface area contributed by atoms with Crippen molar-refractivity contribution in [3.8, 4) is 5.75 Å². The molecule has 1 aromatic rings. The number of esters is 1. The van der Waals surface area contributed by atoms with Crippen LogP contribution in [-0.2, 0) is 21.1 Å². The topological polar surface area (TPSA) is 44.8 Å². The highest BCUT2D eigenvalue weighted by atomic mass is 35.7. The summed E-state index contributed by atoms with van der Waals surface area (Å²) in [5, 5.41) is 0. The molecule has 1 unspecified atom stereocenters. The molecule has 0 aromatic heterocycles. The SMILES string of the molecule is CCOP(=S)(Cl)Oc1ccccc1C(=O)OC(C)C. The molecule has 0 radical (unpaired) electrons. The van der Waals surface area contributed by atoms with E-state index in [1.165, 1.54) is 0 Å². The Bertz CT molecular complexity index is 492. The van der Waals surface area contributed by atoms with E-state index in [1.807, 2.05) is 0 Å². The van der Waals surface area contributed by atoms with E-state index in [0.29, 0.717) is 6.61 Å². The number of para-hydroxylation sites is 1. The minimum absolute atomic E-state index is 0.216. The highest BCUT2D eigenvalue weighted by molar-refractivity contribution is 8.22. The Morgan fingerprint density at radius 1 is 1.42 bits per heavy atom. The lowest BCUT2D eigenvalue weighted by molar-refractivity contribution is 0.0376. The van der Waals surface area contributed by atoms with Gasteiger partial charge >= 0.3 is 11.8 Å². The normalized spacial score (nSPS) is 13.9. The fourth-order valence-electron chi connectivity index (χ4n) is 1.29. The van der Waals surface area contributed by atoms with Crippen molar-refractivity contribution in [3.63, 3.8) is 0 Å². The minimum atomic E-state index is -2.92. The summed E-state index contributed by atoms with van der Waals surface area (Å²) < 4.78 is 15.7. The summed E-state index contributed by atoms with van der Waals surface area (Å²) in [7, 11) is 0. The Morgan fingerprint density at radius 3 is 2.63 bits per heavy atom. The Labute approximate surface area is 123 Å². The summed E-state index contributed by atoms with van der Waals surface area (Å²) in [6.07, 6.45) is -0.216. The maximum Gasteiger partial charge on any atom is 0.342 e. The van der Waals surface area contributed by atoms with Gasteiger partial charge in [-0.25, -0.2) is 4.79 Å². The fraction of sp³-hybridized carbons (Fsp3) is 0.417. The van der Waals surface area contributed by atoms with Gasteiger partial charge < -0.3 is 13.8 Å². The van der Waals surface area contributed by atoms with Crippen molar-refractivity contribution in [2.24, 2.45) is 0 Å². The van der Waals surface area contributed by atoms with E-state index < -0.39 is 11.8 Å². The first-order valence-electron chi connectivity index (χ1n) is 5.79. The van der Waals surface area contributed by atoms with E-state index in [-0.39, 0.29) is 17.4 Å². The third-order valence-corrected chi connectivity index (χ3v) is 3.96. The zero-order valence-corrected chi connectivity index (χ0v) is 13.4. The first-order valence-corrected chi connectivity index (χ1v) is 9.34. The van der Waals surface area contributed by atoms with Gasteiger partial charge in [-0.3, -0.25) is 0 Å². The summed E-state index contributed by atoms with van der Waals surface area (Å²) in [4.78, 5) is 11.9. The van der Waals surface area contributed by atoms with Gasteiger partial charge in [0.05, 0.1) is 12.7 Å². The van der Waals surface area contributed by atoms with E-state index in [1.54, 1.807) is 45.0 Å². The molecule has 0 heterocycles. The van der Waals surface area contributed by atoms with E-state index in [4.69, 9.17) is 36.8 Å². The standard InChI is InChI=1S/C12H16ClO4PS/c1-4-15-18(13,19)17-11-8-6-5-7-10(11)12(14)16-9(2)3/h5-9H,4H2,1-3H3. The molecule has 0 aliphatic carbocycles. The molecule has 1 rings (SSSR count). The summed E-state index contributed by atoms with van der Waals surface area (Å²) >= 11 is 11.0. The second kappa shape index (κ2) is 7.25. The number of hydrogen-bond acceptors (Lipinski definition) is 5. The third-order valence-electron chi connectivity index (χ3n) is 1.94. The molecule has 0 saturated heterocycles. The first kappa shape index (κ1) is 16.4. The van der Waals surface area contributed by atoms with Crippen LogP contribution in [0.4, 0.5) is 0 Å². The molecule has 4 nitrogen and oxygen atoms in total. The Morgan fingerprint density at radius 2 is 2.05 bits per heavy atom. The van der Waals surface area contributed by atoms with Crippen molar-refractivity contribution < 1.29 is 18.6 Å². The van der Waals surface area contributed by atoms with Gasteiger partial charge in [0.25, 0.3) is 0 Å². The molecule has 0 aliphatic rings. The number of ether oxygens (including phenoxy) is 1. The van der Waals surface area contributed by atoms with Gasteiger partial charge in [-0.1, -0.05) is 12.1 Å². The average molecular weight is 323 g/mol. The molecule has 0 spiro atoms. The third kappa shape index (κ3) is 5.49. The number of halogens is 1. The zero-order valence-electron chi connectivity index (χ0n) is 11.0. The molecular weight excluding hydrogens is 307 g/mol. The van der Waals surface area contributed by atoms with E-state index in [9.17, 15) is 4.79 Å². The van der Waals surface area contributed by atoms with E-state index in [2.05, 4.69) is 0 Å². The highest BCUT2D eigenvalue weighted by Crippen LogP contribution is 2.54. The van der Waals surface area contributed by atoms with Gasteiger partial charge in [-0.05, 0) is 56.0 Å². The van der Waals surface area contributed by atoms with Crippen molar-refractivity contribution in [1.82, 2.24) is 0 Å². The maximum atomic E-state index is 11.9. The summed E-state index contributed by atoms with van der Waals surface area (Å²) in [6.45, 7) is 5.66. The molecule has 0 N–H and O–H groups in total.